The van der Waals surface area contributed by atoms with Crippen molar-refractivity contribution in [2.24, 2.45) is 5.41 Å². The monoisotopic (exact) mass is 174 g/mol. The lowest BCUT2D eigenvalue weighted by Gasteiger charge is -2.40. The van der Waals surface area contributed by atoms with E-state index in [1.807, 2.05) is 0 Å². The second kappa shape index (κ2) is 3.87. The molecule has 70 valence electrons. The van der Waals surface area contributed by atoms with E-state index in [9.17, 15) is 4.79 Å². The molecule has 0 spiro atoms. The van der Waals surface area contributed by atoms with Gasteiger partial charge in [-0.2, -0.15) is 0 Å². The van der Waals surface area contributed by atoms with Gasteiger partial charge in [-0.3, -0.25) is 0 Å². The zero-order chi connectivity index (χ0) is 9.03. The van der Waals surface area contributed by atoms with Crippen molar-refractivity contribution < 1.29 is 19.4 Å². The Bertz CT molecular complexity index is 157. The fourth-order valence-corrected chi connectivity index (χ4v) is 1.14. The van der Waals surface area contributed by atoms with Crippen molar-refractivity contribution in [1.29, 1.82) is 0 Å². The van der Waals surface area contributed by atoms with Crippen LogP contribution in [0.2, 0.25) is 0 Å². The number of hydrogen-bond donors (Lipinski definition) is 1. The van der Waals surface area contributed by atoms with E-state index in [2.05, 4.69) is 6.92 Å². The van der Waals surface area contributed by atoms with Gasteiger partial charge in [0.25, 0.3) is 0 Å². The number of carbonyl (C=O) groups is 1. The van der Waals surface area contributed by atoms with E-state index >= 15 is 0 Å². The Morgan fingerprint density at radius 1 is 1.67 bits per heavy atom. The van der Waals surface area contributed by atoms with Gasteiger partial charge in [0.1, 0.15) is 6.61 Å². The maximum Gasteiger partial charge on any atom is 0.329 e. The van der Waals surface area contributed by atoms with Crippen LogP contribution < -0.4 is 0 Å². The lowest BCUT2D eigenvalue weighted by Crippen LogP contribution is -2.46. The summed E-state index contributed by atoms with van der Waals surface area (Å²) in [4.78, 5) is 10.1. The molecule has 12 heavy (non-hydrogen) atoms. The first-order chi connectivity index (χ1) is 5.68. The Labute approximate surface area is 71.5 Å². The number of rotatable bonds is 5. The van der Waals surface area contributed by atoms with Crippen LogP contribution in [-0.4, -0.2) is 37.5 Å². The predicted molar refractivity (Wildman–Crippen MR) is 42.0 cm³/mol. The molecule has 4 nitrogen and oxygen atoms in total. The van der Waals surface area contributed by atoms with Crippen molar-refractivity contribution in [1.82, 2.24) is 0 Å². The summed E-state index contributed by atoms with van der Waals surface area (Å²) in [5.74, 6) is -0.915. The lowest BCUT2D eigenvalue weighted by molar-refractivity contribution is -0.162. The molecule has 0 amide bonds. The number of hydrogen-bond acceptors (Lipinski definition) is 3. The Morgan fingerprint density at radius 3 is 2.67 bits per heavy atom. The fourth-order valence-electron chi connectivity index (χ4n) is 1.14. The van der Waals surface area contributed by atoms with Crippen molar-refractivity contribution in [2.45, 2.75) is 13.3 Å². The van der Waals surface area contributed by atoms with E-state index in [4.69, 9.17) is 14.6 Å². The first kappa shape index (κ1) is 9.48. The first-order valence-electron chi connectivity index (χ1n) is 4.06. The molecule has 0 aromatic heterocycles. The van der Waals surface area contributed by atoms with Gasteiger partial charge in [0, 0.05) is 5.41 Å². The third kappa shape index (κ3) is 2.19. The molecule has 1 saturated heterocycles. The molecule has 1 aliphatic heterocycles. The molecule has 0 aromatic carbocycles. The van der Waals surface area contributed by atoms with E-state index in [0.29, 0.717) is 19.8 Å². The van der Waals surface area contributed by atoms with Crippen LogP contribution in [0, 0.1) is 5.41 Å². The van der Waals surface area contributed by atoms with E-state index < -0.39 is 5.97 Å². The minimum atomic E-state index is -0.915. The first-order valence-corrected chi connectivity index (χ1v) is 4.06. The summed E-state index contributed by atoms with van der Waals surface area (Å²) in [6, 6.07) is 0. The van der Waals surface area contributed by atoms with Crippen molar-refractivity contribution in [3.63, 3.8) is 0 Å². The van der Waals surface area contributed by atoms with Gasteiger partial charge >= 0.3 is 5.97 Å². The van der Waals surface area contributed by atoms with Crippen LogP contribution in [0.4, 0.5) is 0 Å². The molecule has 4 heteroatoms. The molecule has 0 aromatic rings. The average Bonchev–Trinajstić information content (AvgIpc) is 1.94. The highest BCUT2D eigenvalue weighted by atomic mass is 16.5. The average molecular weight is 174 g/mol. The van der Waals surface area contributed by atoms with Crippen molar-refractivity contribution in [2.75, 3.05) is 26.4 Å². The molecule has 1 fully saturated rings. The summed E-state index contributed by atoms with van der Waals surface area (Å²) >= 11 is 0. The van der Waals surface area contributed by atoms with Crippen LogP contribution in [0.3, 0.4) is 0 Å². The molecule has 1 N–H and O–H groups in total. The fraction of sp³-hybridized carbons (Fsp3) is 0.875. The van der Waals surface area contributed by atoms with Gasteiger partial charge in [-0.1, -0.05) is 6.92 Å². The van der Waals surface area contributed by atoms with Gasteiger partial charge in [0.2, 0.25) is 0 Å². The third-order valence-electron chi connectivity index (χ3n) is 2.20. The van der Waals surface area contributed by atoms with Gasteiger partial charge < -0.3 is 14.6 Å². The molecular formula is C8H14O4. The molecule has 0 aliphatic carbocycles. The summed E-state index contributed by atoms with van der Waals surface area (Å²) in [7, 11) is 0. The SMILES string of the molecule is CCC1(COCC(=O)O)COC1. The molecular weight excluding hydrogens is 160 g/mol. The van der Waals surface area contributed by atoms with E-state index in [1.54, 1.807) is 0 Å². The summed E-state index contributed by atoms with van der Waals surface area (Å²) in [5, 5.41) is 8.32. The summed E-state index contributed by atoms with van der Waals surface area (Å²) in [6.07, 6.45) is 0.979. The van der Waals surface area contributed by atoms with Crippen LogP contribution in [0.5, 0.6) is 0 Å². The Balaban J connectivity index is 2.16. The van der Waals surface area contributed by atoms with Crippen molar-refractivity contribution in [3.8, 4) is 0 Å². The maximum absolute atomic E-state index is 10.1. The lowest BCUT2D eigenvalue weighted by atomic mass is 9.84. The predicted octanol–water partition coefficient (Wildman–Crippen LogP) is 0.514. The number of aliphatic carboxylic acids is 1. The smallest absolute Gasteiger partial charge is 0.329 e. The summed E-state index contributed by atoms with van der Waals surface area (Å²) in [5.41, 5.74) is 0.0927. The molecule has 0 radical (unpaired) electrons. The van der Waals surface area contributed by atoms with Crippen molar-refractivity contribution in [3.05, 3.63) is 0 Å². The van der Waals surface area contributed by atoms with E-state index in [1.165, 1.54) is 0 Å². The second-order valence-electron chi connectivity index (χ2n) is 3.23. The summed E-state index contributed by atoms with van der Waals surface area (Å²) < 4.78 is 10.1. The highest BCUT2D eigenvalue weighted by Gasteiger charge is 2.37. The van der Waals surface area contributed by atoms with Crippen LogP contribution in [0.25, 0.3) is 0 Å². The van der Waals surface area contributed by atoms with Gasteiger partial charge in [-0.15, -0.1) is 0 Å². The highest BCUT2D eigenvalue weighted by Crippen LogP contribution is 2.31. The topological polar surface area (TPSA) is 55.8 Å². The maximum atomic E-state index is 10.1. The third-order valence-corrected chi connectivity index (χ3v) is 2.20. The van der Waals surface area contributed by atoms with Crippen LogP contribution >= 0.6 is 0 Å². The van der Waals surface area contributed by atoms with Crippen LogP contribution in [0.15, 0.2) is 0 Å². The molecule has 0 bridgehead atoms. The molecule has 0 saturated carbocycles. The zero-order valence-corrected chi connectivity index (χ0v) is 7.21. The number of carboxylic acid groups (broad SMARTS) is 1. The Kier molecular flexibility index (Phi) is 3.05. The molecule has 0 unspecified atom stereocenters. The van der Waals surface area contributed by atoms with E-state index in [-0.39, 0.29) is 12.0 Å². The Hall–Kier alpha value is -0.610. The molecule has 1 aliphatic rings. The van der Waals surface area contributed by atoms with Gasteiger partial charge in [0.05, 0.1) is 19.8 Å². The van der Waals surface area contributed by atoms with Gasteiger partial charge in [-0.25, -0.2) is 4.79 Å². The minimum Gasteiger partial charge on any atom is -0.480 e. The summed E-state index contributed by atoms with van der Waals surface area (Å²) in [6.45, 7) is 3.75. The Morgan fingerprint density at radius 2 is 2.33 bits per heavy atom. The van der Waals surface area contributed by atoms with Gasteiger partial charge in [0.15, 0.2) is 0 Å². The molecule has 0 atom stereocenters. The number of carboxylic acids is 1. The van der Waals surface area contributed by atoms with Crippen LogP contribution in [-0.2, 0) is 14.3 Å². The van der Waals surface area contributed by atoms with Crippen molar-refractivity contribution >= 4 is 5.97 Å². The van der Waals surface area contributed by atoms with E-state index in [0.717, 1.165) is 6.42 Å². The van der Waals surface area contributed by atoms with Crippen LogP contribution in [0.1, 0.15) is 13.3 Å². The normalized spacial score (nSPS) is 20.1. The van der Waals surface area contributed by atoms with Gasteiger partial charge in [-0.05, 0) is 6.42 Å². The minimum absolute atomic E-state index is 0.0927. The highest BCUT2D eigenvalue weighted by molar-refractivity contribution is 5.67. The molecule has 1 rings (SSSR count). The second-order valence-corrected chi connectivity index (χ2v) is 3.23. The standard InChI is InChI=1S/C8H14O4/c1-2-8(5-12-6-8)4-11-3-7(9)10/h2-6H2,1H3,(H,9,10). The quantitative estimate of drug-likeness (QED) is 0.660. The number of ether oxygens (including phenoxy) is 2. The molecule has 1 heterocycles. The zero-order valence-electron chi connectivity index (χ0n) is 7.21. The largest absolute Gasteiger partial charge is 0.480 e.